The van der Waals surface area contributed by atoms with Crippen molar-refractivity contribution >= 4 is 22.5 Å². The van der Waals surface area contributed by atoms with E-state index in [4.69, 9.17) is 11.6 Å². The highest BCUT2D eigenvalue weighted by atomic mass is 35.5. The van der Waals surface area contributed by atoms with E-state index in [1.165, 1.54) is 0 Å². The van der Waals surface area contributed by atoms with Gasteiger partial charge >= 0.3 is 0 Å². The molecule has 1 atom stereocenters. The van der Waals surface area contributed by atoms with Crippen molar-refractivity contribution in [3.05, 3.63) is 40.0 Å². The number of hydrogen-bond acceptors (Lipinski definition) is 2. The maximum atomic E-state index is 9.59. The summed E-state index contributed by atoms with van der Waals surface area (Å²) in [5, 5.41) is 11.2. The van der Waals surface area contributed by atoms with Crippen LogP contribution in [0.4, 0.5) is 0 Å². The lowest BCUT2D eigenvalue weighted by Gasteiger charge is -2.10. The molecular weight excluding hydrogens is 222 g/mol. The third-order valence-electron chi connectivity index (χ3n) is 2.69. The van der Waals surface area contributed by atoms with Gasteiger partial charge in [0.15, 0.2) is 0 Å². The summed E-state index contributed by atoms with van der Waals surface area (Å²) in [5.74, 6) is 0. The third kappa shape index (κ3) is 1.91. The van der Waals surface area contributed by atoms with Gasteiger partial charge in [0.2, 0.25) is 0 Å². The summed E-state index contributed by atoms with van der Waals surface area (Å²) >= 11 is 6.19. The molecule has 84 valence electrons. The Bertz CT molecular complexity index is 549. The number of rotatable bonds is 1. The number of aliphatic hydroxyl groups is 1. The van der Waals surface area contributed by atoms with Crippen LogP contribution in [0, 0.1) is 13.8 Å². The Kier molecular flexibility index (Phi) is 2.87. The fourth-order valence-electron chi connectivity index (χ4n) is 1.85. The molecule has 1 N–H and O–H groups in total. The van der Waals surface area contributed by atoms with E-state index in [-0.39, 0.29) is 0 Å². The molecule has 0 aliphatic carbocycles. The van der Waals surface area contributed by atoms with Gasteiger partial charge in [0.05, 0.1) is 16.6 Å². The molecule has 3 heteroatoms. The first-order chi connectivity index (χ1) is 7.49. The standard InChI is InChI=1S/C13H14ClNO/c1-7-4-10(9(3)16)6-11-12(14)5-8(2)15-13(7)11/h4-6,9,16H,1-3H3. The molecule has 1 aromatic heterocycles. The number of nitrogens with zero attached hydrogens (tertiary/aromatic N) is 1. The van der Waals surface area contributed by atoms with E-state index in [9.17, 15) is 5.11 Å². The molecule has 0 aliphatic heterocycles. The van der Waals surface area contributed by atoms with Crippen molar-refractivity contribution < 1.29 is 5.11 Å². The first-order valence-corrected chi connectivity index (χ1v) is 5.62. The van der Waals surface area contributed by atoms with Gasteiger partial charge in [0.1, 0.15) is 0 Å². The molecule has 0 saturated carbocycles. The van der Waals surface area contributed by atoms with Crippen LogP contribution in [0.3, 0.4) is 0 Å². The summed E-state index contributed by atoms with van der Waals surface area (Å²) in [6.07, 6.45) is -0.486. The molecule has 1 heterocycles. The molecule has 0 radical (unpaired) electrons. The molecule has 0 fully saturated rings. The van der Waals surface area contributed by atoms with Crippen molar-refractivity contribution in [2.75, 3.05) is 0 Å². The van der Waals surface area contributed by atoms with Crippen molar-refractivity contribution in [2.24, 2.45) is 0 Å². The van der Waals surface area contributed by atoms with E-state index in [1.54, 1.807) is 6.92 Å². The van der Waals surface area contributed by atoms with Gasteiger partial charge in [-0.25, -0.2) is 0 Å². The van der Waals surface area contributed by atoms with Gasteiger partial charge in [-0.2, -0.15) is 0 Å². The van der Waals surface area contributed by atoms with E-state index in [0.29, 0.717) is 5.02 Å². The van der Waals surface area contributed by atoms with Gasteiger partial charge in [-0.3, -0.25) is 4.98 Å². The van der Waals surface area contributed by atoms with Gasteiger partial charge in [-0.05, 0) is 44.0 Å². The van der Waals surface area contributed by atoms with Gasteiger partial charge < -0.3 is 5.11 Å². The first kappa shape index (κ1) is 11.4. The molecule has 1 aromatic carbocycles. The van der Waals surface area contributed by atoms with E-state index in [1.807, 2.05) is 32.0 Å². The molecule has 0 amide bonds. The van der Waals surface area contributed by atoms with Crippen LogP contribution in [-0.2, 0) is 0 Å². The fourth-order valence-corrected chi connectivity index (χ4v) is 2.15. The number of benzene rings is 1. The van der Waals surface area contributed by atoms with Crippen molar-refractivity contribution in [3.63, 3.8) is 0 Å². The normalized spacial score (nSPS) is 13.1. The van der Waals surface area contributed by atoms with Crippen LogP contribution in [0.25, 0.3) is 10.9 Å². The maximum Gasteiger partial charge on any atom is 0.0762 e. The predicted molar refractivity (Wildman–Crippen MR) is 66.9 cm³/mol. The van der Waals surface area contributed by atoms with Crippen molar-refractivity contribution in [1.82, 2.24) is 4.98 Å². The predicted octanol–water partition coefficient (Wildman–Crippen LogP) is 3.56. The Morgan fingerprint density at radius 3 is 2.56 bits per heavy atom. The number of pyridine rings is 1. The molecular formula is C13H14ClNO. The lowest BCUT2D eigenvalue weighted by molar-refractivity contribution is 0.199. The first-order valence-electron chi connectivity index (χ1n) is 5.24. The zero-order chi connectivity index (χ0) is 11.9. The highest BCUT2D eigenvalue weighted by molar-refractivity contribution is 6.35. The summed E-state index contributed by atoms with van der Waals surface area (Å²) in [7, 11) is 0. The van der Waals surface area contributed by atoms with Crippen LogP contribution < -0.4 is 0 Å². The molecule has 2 rings (SSSR count). The number of aliphatic hydroxyl groups excluding tert-OH is 1. The summed E-state index contributed by atoms with van der Waals surface area (Å²) in [4.78, 5) is 4.47. The Morgan fingerprint density at radius 1 is 1.25 bits per heavy atom. The average molecular weight is 236 g/mol. The number of aromatic nitrogens is 1. The zero-order valence-electron chi connectivity index (χ0n) is 9.58. The molecule has 0 aliphatic rings. The Morgan fingerprint density at radius 2 is 1.94 bits per heavy atom. The number of aryl methyl sites for hydroxylation is 2. The van der Waals surface area contributed by atoms with Crippen molar-refractivity contribution in [3.8, 4) is 0 Å². The fraction of sp³-hybridized carbons (Fsp3) is 0.308. The smallest absolute Gasteiger partial charge is 0.0762 e. The molecule has 2 nitrogen and oxygen atoms in total. The van der Waals surface area contributed by atoms with E-state index >= 15 is 0 Å². The zero-order valence-corrected chi connectivity index (χ0v) is 10.3. The van der Waals surface area contributed by atoms with Crippen molar-refractivity contribution in [1.29, 1.82) is 0 Å². The van der Waals surface area contributed by atoms with Gasteiger partial charge in [-0.1, -0.05) is 17.7 Å². The largest absolute Gasteiger partial charge is 0.389 e. The molecule has 0 bridgehead atoms. The van der Waals surface area contributed by atoms with E-state index in [2.05, 4.69) is 4.98 Å². The topological polar surface area (TPSA) is 33.1 Å². The Labute approximate surface area is 99.9 Å². The second-order valence-corrected chi connectivity index (χ2v) is 4.56. The van der Waals surface area contributed by atoms with Gasteiger partial charge in [0, 0.05) is 11.1 Å². The summed E-state index contributed by atoms with van der Waals surface area (Å²) < 4.78 is 0. The van der Waals surface area contributed by atoms with Crippen molar-refractivity contribution in [2.45, 2.75) is 26.9 Å². The lowest BCUT2D eigenvalue weighted by atomic mass is 10.0. The molecule has 1 unspecified atom stereocenters. The SMILES string of the molecule is Cc1cc(Cl)c2cc(C(C)O)cc(C)c2n1. The van der Waals surface area contributed by atoms with Crippen LogP contribution >= 0.6 is 11.6 Å². The van der Waals surface area contributed by atoms with E-state index < -0.39 is 6.10 Å². The number of halogens is 1. The average Bonchev–Trinajstić information content (AvgIpc) is 2.19. The van der Waals surface area contributed by atoms with Crippen LogP contribution in [-0.4, -0.2) is 10.1 Å². The highest BCUT2D eigenvalue weighted by Gasteiger charge is 2.09. The van der Waals surface area contributed by atoms with Gasteiger partial charge in [0.25, 0.3) is 0 Å². The molecule has 0 saturated heterocycles. The number of fused-ring (bicyclic) bond motifs is 1. The van der Waals surface area contributed by atoms with Crippen LogP contribution in [0.15, 0.2) is 18.2 Å². The Hall–Kier alpha value is -1.12. The van der Waals surface area contributed by atoms with Crippen LogP contribution in [0.5, 0.6) is 0 Å². The molecule has 16 heavy (non-hydrogen) atoms. The van der Waals surface area contributed by atoms with E-state index in [0.717, 1.165) is 27.7 Å². The minimum Gasteiger partial charge on any atom is -0.389 e. The quantitative estimate of drug-likeness (QED) is 0.820. The summed E-state index contributed by atoms with van der Waals surface area (Å²) in [6, 6.07) is 5.70. The second-order valence-electron chi connectivity index (χ2n) is 4.16. The summed E-state index contributed by atoms with van der Waals surface area (Å²) in [6.45, 7) is 5.65. The second kappa shape index (κ2) is 4.04. The third-order valence-corrected chi connectivity index (χ3v) is 3.00. The van der Waals surface area contributed by atoms with Crippen LogP contribution in [0.2, 0.25) is 5.02 Å². The maximum absolute atomic E-state index is 9.59. The highest BCUT2D eigenvalue weighted by Crippen LogP contribution is 2.28. The molecule has 2 aromatic rings. The minimum absolute atomic E-state index is 0.486. The van der Waals surface area contributed by atoms with Crippen LogP contribution in [0.1, 0.15) is 29.8 Å². The minimum atomic E-state index is -0.486. The Balaban J connectivity index is 2.82. The number of hydrogen-bond donors (Lipinski definition) is 1. The molecule has 0 spiro atoms. The van der Waals surface area contributed by atoms with Gasteiger partial charge in [-0.15, -0.1) is 0 Å². The monoisotopic (exact) mass is 235 g/mol. The lowest BCUT2D eigenvalue weighted by Crippen LogP contribution is -1.95. The summed E-state index contributed by atoms with van der Waals surface area (Å²) in [5.41, 5.74) is 3.73.